The summed E-state index contributed by atoms with van der Waals surface area (Å²) in [5.74, 6) is 9.82. The van der Waals surface area contributed by atoms with Gasteiger partial charge in [0.25, 0.3) is 0 Å². The number of rotatable bonds is 11. The molecular formula is C26H31NO2S. The van der Waals surface area contributed by atoms with Gasteiger partial charge in [-0.1, -0.05) is 36.0 Å². The van der Waals surface area contributed by atoms with Crippen LogP contribution in [-0.4, -0.2) is 44.4 Å². The van der Waals surface area contributed by atoms with E-state index < -0.39 is 0 Å². The molecule has 1 aromatic carbocycles. The summed E-state index contributed by atoms with van der Waals surface area (Å²) in [6, 6.07) is 10.3. The van der Waals surface area contributed by atoms with Crippen molar-refractivity contribution in [3.63, 3.8) is 0 Å². The number of benzene rings is 1. The van der Waals surface area contributed by atoms with Crippen molar-refractivity contribution in [1.29, 1.82) is 0 Å². The highest BCUT2D eigenvalue weighted by Gasteiger charge is 2.04. The van der Waals surface area contributed by atoms with E-state index in [1.165, 1.54) is 11.1 Å². The second-order valence-electron chi connectivity index (χ2n) is 7.86. The molecule has 1 heterocycles. The van der Waals surface area contributed by atoms with Crippen molar-refractivity contribution in [3.05, 3.63) is 53.2 Å². The molecule has 0 spiro atoms. The van der Waals surface area contributed by atoms with Crippen molar-refractivity contribution in [2.75, 3.05) is 39.5 Å². The average Bonchev–Trinajstić information content (AvgIpc) is 3.24. The third-order valence-electron chi connectivity index (χ3n) is 4.06. The molecule has 158 valence electrons. The Morgan fingerprint density at radius 1 is 1.13 bits per heavy atom. The first-order valence-electron chi connectivity index (χ1n) is 10.1. The summed E-state index contributed by atoms with van der Waals surface area (Å²) in [4.78, 5) is 2.15. The summed E-state index contributed by atoms with van der Waals surface area (Å²) in [6.45, 7) is 10.1. The van der Waals surface area contributed by atoms with Crippen LogP contribution in [0.2, 0.25) is 0 Å². The predicted molar refractivity (Wildman–Crippen MR) is 128 cm³/mol. The molecule has 2 rings (SSSR count). The topological polar surface area (TPSA) is 21.7 Å². The monoisotopic (exact) mass is 421 g/mol. The molecule has 0 unspecified atom stereocenters. The Bertz CT molecular complexity index is 876. The largest absolute Gasteiger partial charge is 0.491 e. The summed E-state index contributed by atoms with van der Waals surface area (Å²) in [5, 5.41) is 4.21. The molecule has 4 heteroatoms. The van der Waals surface area contributed by atoms with E-state index in [1.54, 1.807) is 11.3 Å². The van der Waals surface area contributed by atoms with Crippen molar-refractivity contribution in [1.82, 2.24) is 4.90 Å². The van der Waals surface area contributed by atoms with Gasteiger partial charge in [0.05, 0.1) is 19.8 Å². The van der Waals surface area contributed by atoms with Crippen LogP contribution in [0.5, 0.6) is 5.75 Å². The van der Waals surface area contributed by atoms with Crippen molar-refractivity contribution in [2.45, 2.75) is 20.8 Å². The lowest BCUT2D eigenvalue weighted by atomic mass is 9.98. The van der Waals surface area contributed by atoms with Crippen LogP contribution >= 0.6 is 11.3 Å². The van der Waals surface area contributed by atoms with Gasteiger partial charge in [0.2, 0.25) is 0 Å². The minimum Gasteiger partial charge on any atom is -0.491 e. The van der Waals surface area contributed by atoms with Gasteiger partial charge in [-0.3, -0.25) is 4.90 Å². The van der Waals surface area contributed by atoms with E-state index in [9.17, 15) is 0 Å². The van der Waals surface area contributed by atoms with Gasteiger partial charge in [-0.2, -0.15) is 11.3 Å². The number of allylic oxidation sites excluding steroid dienone is 1. The lowest BCUT2D eigenvalue weighted by Gasteiger charge is -2.17. The molecule has 1 aromatic heterocycles. The number of terminal acetylenes is 1. The normalized spacial score (nSPS) is 11.3. The molecular weight excluding hydrogens is 390 g/mol. The van der Waals surface area contributed by atoms with Crippen LogP contribution in [0.4, 0.5) is 0 Å². The Labute approximate surface area is 185 Å². The molecule has 30 heavy (non-hydrogen) atoms. The second kappa shape index (κ2) is 12.9. The molecule has 0 N–H and O–H groups in total. The zero-order valence-corrected chi connectivity index (χ0v) is 19.0. The highest BCUT2D eigenvalue weighted by Crippen LogP contribution is 2.25. The molecule has 0 amide bonds. The van der Waals surface area contributed by atoms with Crippen LogP contribution in [0.15, 0.2) is 53.2 Å². The number of thiophene rings is 1. The molecule has 3 nitrogen and oxygen atoms in total. The van der Waals surface area contributed by atoms with Crippen LogP contribution in [0, 0.1) is 29.6 Å². The van der Waals surface area contributed by atoms with Crippen molar-refractivity contribution < 1.29 is 9.47 Å². The Hall–Kier alpha value is -2.50. The highest BCUT2D eigenvalue weighted by atomic mass is 32.1. The smallest absolute Gasteiger partial charge is 0.120 e. The molecule has 0 aliphatic carbocycles. The Morgan fingerprint density at radius 2 is 2.00 bits per heavy atom. The Morgan fingerprint density at radius 3 is 2.73 bits per heavy atom. The van der Waals surface area contributed by atoms with Gasteiger partial charge in [-0.25, -0.2) is 0 Å². The quantitative estimate of drug-likeness (QED) is 0.361. The molecule has 0 radical (unpaired) electrons. The molecule has 2 aromatic rings. The molecule has 0 aliphatic heterocycles. The maximum atomic E-state index is 5.82. The van der Waals surface area contributed by atoms with Gasteiger partial charge in [-0.05, 0) is 66.9 Å². The van der Waals surface area contributed by atoms with Gasteiger partial charge in [0.1, 0.15) is 12.4 Å². The number of hydrogen-bond acceptors (Lipinski definition) is 4. The summed E-state index contributed by atoms with van der Waals surface area (Å²) in [6.07, 6.45) is 9.41. The third-order valence-corrected chi connectivity index (χ3v) is 4.75. The van der Waals surface area contributed by atoms with E-state index in [4.69, 9.17) is 15.9 Å². The standard InChI is InChI=1S/C26H31NO2S/c1-5-14-27(15-8-6-7-13-26(2,3)4)16-17-28-18-19-29-25-11-9-10-23(21-25)24-12-20-30-22-24/h1,6,8-12,20-22H,14-19H2,2-4H3/b8-6+. The fourth-order valence-electron chi connectivity index (χ4n) is 2.59. The minimum absolute atomic E-state index is 0.0178. The van der Waals surface area contributed by atoms with Crippen LogP contribution in [0.3, 0.4) is 0 Å². The average molecular weight is 422 g/mol. The van der Waals surface area contributed by atoms with Gasteiger partial charge in [-0.15, -0.1) is 6.42 Å². The van der Waals surface area contributed by atoms with E-state index in [1.807, 2.05) is 24.3 Å². The molecule has 0 fully saturated rings. The fraction of sp³-hybridized carbons (Fsp3) is 0.385. The van der Waals surface area contributed by atoms with Crippen LogP contribution < -0.4 is 4.74 Å². The SMILES string of the molecule is C#CCN(C/C=C/C#CC(C)(C)C)CCOCCOc1cccc(-c2ccsc2)c1. The third kappa shape index (κ3) is 9.81. The first kappa shape index (κ1) is 23.8. The maximum Gasteiger partial charge on any atom is 0.120 e. The van der Waals surface area contributed by atoms with E-state index >= 15 is 0 Å². The highest BCUT2D eigenvalue weighted by molar-refractivity contribution is 7.08. The lowest BCUT2D eigenvalue weighted by molar-refractivity contribution is 0.0847. The van der Waals surface area contributed by atoms with Gasteiger partial charge in [0.15, 0.2) is 0 Å². The lowest BCUT2D eigenvalue weighted by Crippen LogP contribution is -2.28. The second-order valence-corrected chi connectivity index (χ2v) is 8.64. The van der Waals surface area contributed by atoms with E-state index in [0.29, 0.717) is 26.4 Å². The Balaban J connectivity index is 1.65. The van der Waals surface area contributed by atoms with Crippen LogP contribution in [0.25, 0.3) is 11.1 Å². The van der Waals surface area contributed by atoms with Gasteiger partial charge < -0.3 is 9.47 Å². The first-order chi connectivity index (χ1) is 14.5. The molecule has 0 bridgehead atoms. The number of hydrogen-bond donors (Lipinski definition) is 0. The molecule has 0 aliphatic rings. The van der Waals surface area contributed by atoms with E-state index in [2.05, 4.69) is 72.4 Å². The summed E-state index contributed by atoms with van der Waals surface area (Å²) < 4.78 is 11.5. The predicted octanol–water partition coefficient (Wildman–Crippen LogP) is 5.35. The molecule has 0 saturated carbocycles. The van der Waals surface area contributed by atoms with Crippen LogP contribution in [0.1, 0.15) is 20.8 Å². The van der Waals surface area contributed by atoms with Crippen molar-refractivity contribution in [2.24, 2.45) is 5.41 Å². The van der Waals surface area contributed by atoms with Crippen molar-refractivity contribution in [3.8, 4) is 41.1 Å². The van der Waals surface area contributed by atoms with Crippen LogP contribution in [-0.2, 0) is 4.74 Å². The fourth-order valence-corrected chi connectivity index (χ4v) is 3.26. The van der Waals surface area contributed by atoms with Gasteiger partial charge in [0, 0.05) is 18.5 Å². The minimum atomic E-state index is 0.0178. The summed E-state index contributed by atoms with van der Waals surface area (Å²) >= 11 is 1.69. The number of nitrogens with zero attached hydrogens (tertiary/aromatic N) is 1. The zero-order valence-electron chi connectivity index (χ0n) is 18.2. The van der Waals surface area contributed by atoms with Crippen molar-refractivity contribution >= 4 is 11.3 Å². The maximum absolute atomic E-state index is 5.82. The van der Waals surface area contributed by atoms with Gasteiger partial charge >= 0.3 is 0 Å². The van der Waals surface area contributed by atoms with E-state index in [0.717, 1.165) is 18.8 Å². The number of ether oxygens (including phenoxy) is 2. The Kier molecular flexibility index (Phi) is 10.3. The summed E-state index contributed by atoms with van der Waals surface area (Å²) in [7, 11) is 0. The summed E-state index contributed by atoms with van der Waals surface area (Å²) in [5.41, 5.74) is 2.40. The zero-order chi connectivity index (χ0) is 21.7. The molecule has 0 saturated heterocycles. The molecule has 0 atom stereocenters. The first-order valence-corrected chi connectivity index (χ1v) is 11.1. The van der Waals surface area contributed by atoms with E-state index in [-0.39, 0.29) is 5.41 Å².